The van der Waals surface area contributed by atoms with Crippen molar-refractivity contribution in [2.45, 2.75) is 38.8 Å². The van der Waals surface area contributed by atoms with Crippen molar-refractivity contribution in [1.29, 1.82) is 0 Å². The minimum atomic E-state index is -1.30. The number of aliphatic carboxylic acids is 1. The van der Waals surface area contributed by atoms with E-state index in [4.69, 9.17) is 0 Å². The molecule has 94 valence electrons. The van der Waals surface area contributed by atoms with Crippen molar-refractivity contribution >= 4 is 5.97 Å². The lowest BCUT2D eigenvalue weighted by Gasteiger charge is -2.29. The molecule has 0 aliphatic heterocycles. The molecule has 5 heteroatoms. The Morgan fingerprint density at radius 2 is 2.29 bits per heavy atom. The molecule has 4 nitrogen and oxygen atoms in total. The second-order valence-corrected chi connectivity index (χ2v) is 4.25. The van der Waals surface area contributed by atoms with Crippen molar-refractivity contribution < 1.29 is 14.3 Å². The molecule has 1 rings (SSSR count). The summed E-state index contributed by atoms with van der Waals surface area (Å²) >= 11 is 0. The molecule has 0 saturated carbocycles. The van der Waals surface area contributed by atoms with E-state index in [-0.39, 0.29) is 6.04 Å². The molecule has 0 bridgehead atoms. The van der Waals surface area contributed by atoms with E-state index in [2.05, 4.69) is 10.3 Å². The van der Waals surface area contributed by atoms with Crippen LogP contribution in [0.2, 0.25) is 0 Å². The lowest BCUT2D eigenvalue weighted by molar-refractivity contribution is -0.145. The molecular formula is C12H17FN2O2. The fourth-order valence-corrected chi connectivity index (χ4v) is 1.51. The van der Waals surface area contributed by atoms with E-state index in [1.54, 1.807) is 0 Å². The van der Waals surface area contributed by atoms with Crippen LogP contribution in [0.15, 0.2) is 18.3 Å². The van der Waals surface area contributed by atoms with E-state index >= 15 is 0 Å². The zero-order chi connectivity index (χ0) is 13.1. The normalized spacial score (nSPS) is 16.2. The van der Waals surface area contributed by atoms with Gasteiger partial charge in [-0.05, 0) is 32.4 Å². The van der Waals surface area contributed by atoms with Crippen molar-refractivity contribution in [3.05, 3.63) is 29.8 Å². The van der Waals surface area contributed by atoms with Gasteiger partial charge in [-0.1, -0.05) is 6.92 Å². The molecule has 1 aromatic heterocycles. The van der Waals surface area contributed by atoms with Crippen LogP contribution < -0.4 is 5.32 Å². The number of rotatable bonds is 5. The lowest BCUT2D eigenvalue weighted by Crippen LogP contribution is -2.50. The second-order valence-electron chi connectivity index (χ2n) is 4.25. The first kappa shape index (κ1) is 13.6. The average Bonchev–Trinajstić information content (AvgIpc) is 2.29. The predicted molar refractivity (Wildman–Crippen MR) is 62.1 cm³/mol. The summed E-state index contributed by atoms with van der Waals surface area (Å²) < 4.78 is 12.8. The van der Waals surface area contributed by atoms with Crippen molar-refractivity contribution in [3.63, 3.8) is 0 Å². The van der Waals surface area contributed by atoms with Crippen molar-refractivity contribution in [1.82, 2.24) is 10.3 Å². The van der Waals surface area contributed by atoms with Gasteiger partial charge in [0.15, 0.2) is 5.54 Å². The van der Waals surface area contributed by atoms with Gasteiger partial charge in [-0.25, -0.2) is 9.18 Å². The monoisotopic (exact) mass is 240 g/mol. The Kier molecular flexibility index (Phi) is 4.17. The van der Waals surface area contributed by atoms with Crippen LogP contribution in [0.1, 0.15) is 32.9 Å². The first-order valence-electron chi connectivity index (χ1n) is 5.53. The molecule has 0 aliphatic carbocycles. The maximum atomic E-state index is 12.8. The quantitative estimate of drug-likeness (QED) is 0.825. The number of carboxylic acid groups (broad SMARTS) is 1. The van der Waals surface area contributed by atoms with E-state index in [0.717, 1.165) is 12.6 Å². The number of carbonyl (C=O) groups is 1. The fraction of sp³-hybridized carbons (Fsp3) is 0.500. The van der Waals surface area contributed by atoms with Crippen molar-refractivity contribution in [2.75, 3.05) is 0 Å². The fourth-order valence-electron chi connectivity index (χ4n) is 1.51. The largest absolute Gasteiger partial charge is 0.480 e. The molecule has 2 unspecified atom stereocenters. The average molecular weight is 240 g/mol. The third-order valence-corrected chi connectivity index (χ3v) is 2.81. The topological polar surface area (TPSA) is 62.2 Å². The Bertz CT molecular complexity index is 394. The zero-order valence-corrected chi connectivity index (χ0v) is 10.2. The van der Waals surface area contributed by atoms with E-state index in [1.165, 1.54) is 19.1 Å². The molecule has 17 heavy (non-hydrogen) atoms. The van der Waals surface area contributed by atoms with Crippen LogP contribution in [0, 0.1) is 5.82 Å². The molecule has 0 amide bonds. The standard InChI is InChI=1S/C12H17FN2O2/c1-4-8(2)15-12(3,11(16)17)10-6-5-9(13)7-14-10/h5-8,15H,4H2,1-3H3,(H,16,17). The zero-order valence-electron chi connectivity index (χ0n) is 10.2. The summed E-state index contributed by atoms with van der Waals surface area (Å²) in [6.07, 6.45) is 1.82. The summed E-state index contributed by atoms with van der Waals surface area (Å²) in [4.78, 5) is 15.2. The first-order chi connectivity index (χ1) is 7.90. The summed E-state index contributed by atoms with van der Waals surface area (Å²) in [5, 5.41) is 12.3. The van der Waals surface area contributed by atoms with Gasteiger partial charge in [-0.15, -0.1) is 0 Å². The number of hydrogen-bond donors (Lipinski definition) is 2. The number of pyridine rings is 1. The highest BCUT2D eigenvalue weighted by molar-refractivity contribution is 5.79. The van der Waals surface area contributed by atoms with Crippen molar-refractivity contribution in [3.8, 4) is 0 Å². The molecule has 0 fully saturated rings. The molecular weight excluding hydrogens is 223 g/mol. The highest BCUT2D eigenvalue weighted by Crippen LogP contribution is 2.20. The Balaban J connectivity index is 3.07. The van der Waals surface area contributed by atoms with Crippen LogP contribution in [0.25, 0.3) is 0 Å². The van der Waals surface area contributed by atoms with E-state index < -0.39 is 17.3 Å². The van der Waals surface area contributed by atoms with Gasteiger partial charge in [0.1, 0.15) is 5.82 Å². The van der Waals surface area contributed by atoms with Gasteiger partial charge in [0.05, 0.1) is 11.9 Å². The summed E-state index contributed by atoms with van der Waals surface area (Å²) in [5.41, 5.74) is -1.00. The molecule has 2 N–H and O–H groups in total. The minimum Gasteiger partial charge on any atom is -0.480 e. The molecule has 1 heterocycles. The SMILES string of the molecule is CCC(C)NC(C)(C(=O)O)c1ccc(F)cn1. The second kappa shape index (κ2) is 5.23. The molecule has 0 saturated heterocycles. The summed E-state index contributed by atoms with van der Waals surface area (Å²) in [5.74, 6) is -1.51. The van der Waals surface area contributed by atoms with Crippen LogP contribution in [-0.4, -0.2) is 22.1 Å². The van der Waals surface area contributed by atoms with Crippen molar-refractivity contribution in [2.24, 2.45) is 0 Å². The summed E-state index contributed by atoms with van der Waals surface area (Å²) in [6, 6.07) is 2.63. The molecule has 1 aromatic rings. The highest BCUT2D eigenvalue weighted by atomic mass is 19.1. The maximum absolute atomic E-state index is 12.8. The van der Waals surface area contributed by atoms with Gasteiger partial charge in [-0.3, -0.25) is 10.3 Å². The van der Waals surface area contributed by atoms with Gasteiger partial charge in [0.25, 0.3) is 0 Å². The first-order valence-corrected chi connectivity index (χ1v) is 5.53. The van der Waals surface area contributed by atoms with Crippen LogP contribution >= 0.6 is 0 Å². The maximum Gasteiger partial charge on any atom is 0.329 e. The van der Waals surface area contributed by atoms with Gasteiger partial charge in [0.2, 0.25) is 0 Å². The smallest absolute Gasteiger partial charge is 0.329 e. The number of aromatic nitrogens is 1. The molecule has 2 atom stereocenters. The Hall–Kier alpha value is -1.49. The van der Waals surface area contributed by atoms with E-state index in [9.17, 15) is 14.3 Å². The predicted octanol–water partition coefficient (Wildman–Crippen LogP) is 1.91. The van der Waals surface area contributed by atoms with Crippen LogP contribution in [0.4, 0.5) is 4.39 Å². The third-order valence-electron chi connectivity index (χ3n) is 2.81. The molecule has 0 radical (unpaired) electrons. The number of nitrogens with one attached hydrogen (secondary N) is 1. The number of halogens is 1. The molecule has 0 aromatic carbocycles. The van der Waals surface area contributed by atoms with Gasteiger partial charge in [-0.2, -0.15) is 0 Å². The van der Waals surface area contributed by atoms with E-state index in [0.29, 0.717) is 5.69 Å². The summed E-state index contributed by atoms with van der Waals surface area (Å²) in [6.45, 7) is 5.38. The minimum absolute atomic E-state index is 0.0305. The van der Waals surface area contributed by atoms with Gasteiger partial charge in [0, 0.05) is 6.04 Å². The summed E-state index contributed by atoms with van der Waals surface area (Å²) in [7, 11) is 0. The number of nitrogens with zero attached hydrogens (tertiary/aromatic N) is 1. The molecule has 0 aliphatic rings. The lowest BCUT2D eigenvalue weighted by atomic mass is 9.95. The third kappa shape index (κ3) is 3.00. The Labute approximate surface area is 99.9 Å². The van der Waals surface area contributed by atoms with Crippen LogP contribution in [0.5, 0.6) is 0 Å². The van der Waals surface area contributed by atoms with Gasteiger partial charge >= 0.3 is 5.97 Å². The number of carboxylic acids is 1. The molecule has 0 spiro atoms. The highest BCUT2D eigenvalue weighted by Gasteiger charge is 2.37. The number of hydrogen-bond acceptors (Lipinski definition) is 3. The Morgan fingerprint density at radius 1 is 1.65 bits per heavy atom. The van der Waals surface area contributed by atoms with Crippen LogP contribution in [-0.2, 0) is 10.3 Å². The van der Waals surface area contributed by atoms with Gasteiger partial charge < -0.3 is 5.11 Å². The Morgan fingerprint density at radius 3 is 2.71 bits per heavy atom. The van der Waals surface area contributed by atoms with Crippen LogP contribution in [0.3, 0.4) is 0 Å². The van der Waals surface area contributed by atoms with E-state index in [1.807, 2.05) is 13.8 Å².